The molecule has 0 aliphatic rings. The summed E-state index contributed by atoms with van der Waals surface area (Å²) in [4.78, 5) is 0. The van der Waals surface area contributed by atoms with Gasteiger partial charge in [0.1, 0.15) is 0 Å². The van der Waals surface area contributed by atoms with Gasteiger partial charge in [-0.3, -0.25) is 0 Å². The van der Waals surface area contributed by atoms with Crippen LogP contribution in [0.4, 0.5) is 5.69 Å². The van der Waals surface area contributed by atoms with Crippen LogP contribution in [-0.4, -0.2) is 0 Å². The van der Waals surface area contributed by atoms with E-state index < -0.39 is 0 Å². The molecule has 4 rings (SSSR count). The van der Waals surface area contributed by atoms with Gasteiger partial charge in [0.25, 0.3) is 0 Å². The van der Waals surface area contributed by atoms with Gasteiger partial charge in [-0.1, -0.05) is 66.7 Å². The highest BCUT2D eigenvalue weighted by atomic mass is 32.1. The van der Waals surface area contributed by atoms with Crippen molar-refractivity contribution < 1.29 is 0 Å². The van der Waals surface area contributed by atoms with Crippen LogP contribution in [0.25, 0.3) is 20.2 Å². The summed E-state index contributed by atoms with van der Waals surface area (Å²) in [5.74, 6) is 0. The Kier molecular flexibility index (Phi) is 3.66. The monoisotopic (exact) mass is 277 g/mol. The number of rotatable bonds is 0. The van der Waals surface area contributed by atoms with E-state index in [1.165, 1.54) is 20.2 Å². The summed E-state index contributed by atoms with van der Waals surface area (Å²) in [6.07, 6.45) is 0. The Bertz CT molecular complexity index is 792. The van der Waals surface area contributed by atoms with E-state index in [2.05, 4.69) is 30.3 Å². The maximum Gasteiger partial charge on any atom is 0.0584 e. The van der Waals surface area contributed by atoms with E-state index in [1.807, 2.05) is 48.5 Å². The molecule has 0 bridgehead atoms. The standard InChI is InChI=1S/C12H9NS.C6H6/c13-10-6-3-5-9-8-4-1-2-7-11(8)14-12(9)10;1-2-4-6-5-3-1/h1-7H,13H2;1-6H. The molecule has 0 saturated heterocycles. The molecule has 0 fully saturated rings. The first-order valence-corrected chi connectivity index (χ1v) is 7.33. The average molecular weight is 277 g/mol. The van der Waals surface area contributed by atoms with E-state index in [1.54, 1.807) is 11.3 Å². The highest BCUT2D eigenvalue weighted by molar-refractivity contribution is 7.26. The van der Waals surface area contributed by atoms with E-state index in [4.69, 9.17) is 5.73 Å². The fraction of sp³-hybridized carbons (Fsp3) is 0. The van der Waals surface area contributed by atoms with E-state index >= 15 is 0 Å². The first-order chi connectivity index (χ1) is 9.86. The summed E-state index contributed by atoms with van der Waals surface area (Å²) in [6, 6.07) is 26.5. The first-order valence-electron chi connectivity index (χ1n) is 6.52. The van der Waals surface area contributed by atoms with E-state index in [9.17, 15) is 0 Å². The van der Waals surface area contributed by atoms with Crippen LogP contribution < -0.4 is 5.73 Å². The van der Waals surface area contributed by atoms with Crippen LogP contribution in [0, 0.1) is 0 Å². The predicted octanol–water partition coefficient (Wildman–Crippen LogP) is 5.32. The summed E-state index contributed by atoms with van der Waals surface area (Å²) in [7, 11) is 0. The lowest BCUT2D eigenvalue weighted by Gasteiger charge is -1.93. The van der Waals surface area contributed by atoms with Crippen molar-refractivity contribution in [2.75, 3.05) is 5.73 Å². The van der Waals surface area contributed by atoms with Crippen LogP contribution in [0.15, 0.2) is 78.9 Å². The molecule has 2 N–H and O–H groups in total. The molecule has 0 aliphatic carbocycles. The van der Waals surface area contributed by atoms with Crippen LogP contribution in [0.1, 0.15) is 0 Å². The molecule has 1 aromatic heterocycles. The van der Waals surface area contributed by atoms with E-state index in [0.717, 1.165) is 5.69 Å². The topological polar surface area (TPSA) is 26.0 Å². The smallest absolute Gasteiger partial charge is 0.0584 e. The molecule has 20 heavy (non-hydrogen) atoms. The number of hydrogen-bond acceptors (Lipinski definition) is 2. The zero-order valence-corrected chi connectivity index (χ0v) is 11.8. The maximum absolute atomic E-state index is 5.93. The van der Waals surface area contributed by atoms with Gasteiger partial charge in [0.2, 0.25) is 0 Å². The number of thiophene rings is 1. The lowest BCUT2D eigenvalue weighted by Crippen LogP contribution is -1.81. The van der Waals surface area contributed by atoms with Crippen molar-refractivity contribution >= 4 is 37.2 Å². The molecule has 0 spiro atoms. The Balaban J connectivity index is 0.000000170. The van der Waals surface area contributed by atoms with E-state index in [0.29, 0.717) is 0 Å². The largest absolute Gasteiger partial charge is 0.398 e. The molecule has 4 aromatic rings. The summed E-state index contributed by atoms with van der Waals surface area (Å²) in [5, 5.41) is 2.57. The lowest BCUT2D eigenvalue weighted by atomic mass is 10.1. The molecule has 98 valence electrons. The van der Waals surface area contributed by atoms with Gasteiger partial charge in [-0.2, -0.15) is 0 Å². The quantitative estimate of drug-likeness (QED) is 0.432. The number of fused-ring (bicyclic) bond motifs is 3. The number of hydrogen-bond donors (Lipinski definition) is 1. The minimum absolute atomic E-state index is 0.878. The Morgan fingerprint density at radius 1 is 0.600 bits per heavy atom. The molecule has 0 saturated carbocycles. The van der Waals surface area contributed by atoms with Gasteiger partial charge < -0.3 is 5.73 Å². The minimum Gasteiger partial charge on any atom is -0.398 e. The van der Waals surface area contributed by atoms with Crippen molar-refractivity contribution in [3.05, 3.63) is 78.9 Å². The third-order valence-corrected chi connectivity index (χ3v) is 4.34. The Morgan fingerprint density at radius 3 is 1.90 bits per heavy atom. The Labute approximate surface area is 122 Å². The van der Waals surface area contributed by atoms with Gasteiger partial charge in [-0.15, -0.1) is 11.3 Å². The van der Waals surface area contributed by atoms with Crippen LogP contribution in [0.3, 0.4) is 0 Å². The average Bonchev–Trinajstić information content (AvgIpc) is 2.90. The SMILES string of the molecule is Nc1cccc2c1sc1ccccc12.c1ccccc1. The second-order valence-electron chi connectivity index (χ2n) is 4.48. The molecule has 0 unspecified atom stereocenters. The normalized spacial score (nSPS) is 10.2. The maximum atomic E-state index is 5.93. The summed E-state index contributed by atoms with van der Waals surface area (Å²) in [5.41, 5.74) is 6.81. The molecule has 0 aliphatic heterocycles. The van der Waals surface area contributed by atoms with Crippen LogP contribution >= 0.6 is 11.3 Å². The van der Waals surface area contributed by atoms with Crippen molar-refractivity contribution in [3.8, 4) is 0 Å². The van der Waals surface area contributed by atoms with Crippen LogP contribution in [0.2, 0.25) is 0 Å². The molecular weight excluding hydrogens is 262 g/mol. The van der Waals surface area contributed by atoms with Crippen molar-refractivity contribution in [1.29, 1.82) is 0 Å². The molecule has 0 atom stereocenters. The zero-order chi connectivity index (χ0) is 13.8. The summed E-state index contributed by atoms with van der Waals surface area (Å²) < 4.78 is 2.51. The highest BCUT2D eigenvalue weighted by Gasteiger charge is 2.05. The number of benzene rings is 3. The van der Waals surface area contributed by atoms with Crippen molar-refractivity contribution in [2.24, 2.45) is 0 Å². The van der Waals surface area contributed by atoms with Crippen LogP contribution in [-0.2, 0) is 0 Å². The predicted molar refractivity (Wildman–Crippen MR) is 90.2 cm³/mol. The van der Waals surface area contributed by atoms with Gasteiger partial charge in [0.15, 0.2) is 0 Å². The van der Waals surface area contributed by atoms with Gasteiger partial charge >= 0.3 is 0 Å². The molecule has 0 radical (unpaired) electrons. The summed E-state index contributed by atoms with van der Waals surface area (Å²) in [6.45, 7) is 0. The fourth-order valence-electron chi connectivity index (χ4n) is 2.15. The van der Waals surface area contributed by atoms with Gasteiger partial charge in [-0.25, -0.2) is 0 Å². The van der Waals surface area contributed by atoms with Gasteiger partial charge in [0, 0.05) is 21.2 Å². The molecule has 3 aromatic carbocycles. The molecule has 1 heterocycles. The van der Waals surface area contributed by atoms with Gasteiger partial charge in [-0.05, 0) is 12.1 Å². The minimum atomic E-state index is 0.878. The number of nitrogen functional groups attached to an aromatic ring is 1. The Hall–Kier alpha value is -2.32. The second kappa shape index (κ2) is 5.76. The third kappa shape index (κ3) is 2.51. The summed E-state index contributed by atoms with van der Waals surface area (Å²) >= 11 is 1.76. The molecule has 1 nitrogen and oxygen atoms in total. The van der Waals surface area contributed by atoms with Crippen molar-refractivity contribution in [3.63, 3.8) is 0 Å². The highest BCUT2D eigenvalue weighted by Crippen LogP contribution is 2.36. The van der Waals surface area contributed by atoms with Crippen molar-refractivity contribution in [1.82, 2.24) is 0 Å². The number of nitrogens with two attached hydrogens (primary N) is 1. The first kappa shape index (κ1) is 12.7. The van der Waals surface area contributed by atoms with E-state index in [-0.39, 0.29) is 0 Å². The third-order valence-electron chi connectivity index (χ3n) is 3.10. The zero-order valence-electron chi connectivity index (χ0n) is 11.0. The van der Waals surface area contributed by atoms with Crippen LogP contribution in [0.5, 0.6) is 0 Å². The number of anilines is 1. The second-order valence-corrected chi connectivity index (χ2v) is 5.53. The molecular formula is C18H15NS. The van der Waals surface area contributed by atoms with Gasteiger partial charge in [0.05, 0.1) is 4.70 Å². The fourth-order valence-corrected chi connectivity index (χ4v) is 3.28. The lowest BCUT2D eigenvalue weighted by molar-refractivity contribution is 1.72. The molecule has 0 amide bonds. The Morgan fingerprint density at radius 2 is 1.20 bits per heavy atom. The van der Waals surface area contributed by atoms with Crippen molar-refractivity contribution in [2.45, 2.75) is 0 Å². The molecule has 2 heteroatoms.